The molecule has 0 amide bonds. The van der Waals surface area contributed by atoms with Crippen LogP contribution in [0.5, 0.6) is 0 Å². The van der Waals surface area contributed by atoms with Gasteiger partial charge >= 0.3 is 0 Å². The number of halogens is 2. The van der Waals surface area contributed by atoms with E-state index in [0.29, 0.717) is 22.6 Å². The van der Waals surface area contributed by atoms with Crippen molar-refractivity contribution < 1.29 is 4.39 Å². The van der Waals surface area contributed by atoms with Crippen molar-refractivity contribution in [3.8, 4) is 0 Å². The normalized spacial score (nSPS) is 11.0. The van der Waals surface area contributed by atoms with E-state index < -0.39 is 0 Å². The molecule has 26 heavy (non-hydrogen) atoms. The number of nitrogens with one attached hydrogen (secondary N) is 1. The molecule has 2 aromatic heterocycles. The molecule has 0 saturated carbocycles. The Balaban J connectivity index is 1.47. The largest absolute Gasteiger partial charge is 0.379 e. The monoisotopic (exact) mass is 366 g/mol. The minimum atomic E-state index is -0.387. The van der Waals surface area contributed by atoms with Crippen molar-refractivity contribution >= 4 is 28.2 Å². The van der Waals surface area contributed by atoms with E-state index in [1.54, 1.807) is 30.7 Å². The van der Waals surface area contributed by atoms with Gasteiger partial charge in [-0.1, -0.05) is 35.9 Å². The highest BCUT2D eigenvalue weighted by molar-refractivity contribution is 6.35. The van der Waals surface area contributed by atoms with Crippen LogP contribution < -0.4 is 5.32 Å². The molecule has 0 unspecified atom stereocenters. The lowest BCUT2D eigenvalue weighted by molar-refractivity contribution is 0.639. The Morgan fingerprint density at radius 3 is 2.58 bits per heavy atom. The number of benzene rings is 2. The number of pyridine rings is 1. The molecule has 130 valence electrons. The molecule has 0 saturated heterocycles. The Kier molecular flexibility index (Phi) is 4.54. The number of anilines is 1. The highest BCUT2D eigenvalue weighted by atomic mass is 35.5. The lowest BCUT2D eigenvalue weighted by Crippen LogP contribution is -2.03. The summed E-state index contributed by atoms with van der Waals surface area (Å²) < 4.78 is 16.6. The molecule has 2 heterocycles. The molecule has 4 nitrogen and oxygen atoms in total. The zero-order valence-corrected chi connectivity index (χ0v) is 14.6. The first kappa shape index (κ1) is 16.5. The lowest BCUT2D eigenvalue weighted by Gasteiger charge is -2.10. The standard InChI is InChI=1S/C20H16ClFN4/c21-17-7-8-24-20-16(17)5-6-18(19(20)22)25-11-14-1-3-15(4-2-14)12-26-10-9-23-13-26/h1-10,13,25H,11-12H2. The number of hydrogen-bond donors (Lipinski definition) is 1. The van der Waals surface area contributed by atoms with Crippen LogP contribution >= 0.6 is 11.6 Å². The van der Waals surface area contributed by atoms with Crippen LogP contribution in [0, 0.1) is 5.82 Å². The fourth-order valence-corrected chi connectivity index (χ4v) is 3.05. The molecule has 0 spiro atoms. The average molecular weight is 367 g/mol. The highest BCUT2D eigenvalue weighted by Gasteiger charge is 2.10. The van der Waals surface area contributed by atoms with E-state index in [1.807, 2.05) is 22.9 Å². The third-order valence-electron chi connectivity index (χ3n) is 4.23. The van der Waals surface area contributed by atoms with Gasteiger partial charge in [0.1, 0.15) is 5.52 Å². The Labute approximate surface area is 155 Å². The van der Waals surface area contributed by atoms with E-state index in [1.165, 1.54) is 11.8 Å². The predicted octanol–water partition coefficient (Wildman–Crippen LogP) is 4.88. The van der Waals surface area contributed by atoms with E-state index in [0.717, 1.165) is 12.1 Å². The van der Waals surface area contributed by atoms with E-state index in [2.05, 4.69) is 27.4 Å². The van der Waals surface area contributed by atoms with E-state index in [-0.39, 0.29) is 11.3 Å². The SMILES string of the molecule is Fc1c(NCc2ccc(Cn3ccnc3)cc2)ccc2c(Cl)ccnc12. The highest BCUT2D eigenvalue weighted by Crippen LogP contribution is 2.28. The predicted molar refractivity (Wildman–Crippen MR) is 102 cm³/mol. The maximum Gasteiger partial charge on any atom is 0.172 e. The summed E-state index contributed by atoms with van der Waals surface area (Å²) in [6.07, 6.45) is 6.99. The molecule has 0 aliphatic rings. The van der Waals surface area contributed by atoms with E-state index in [9.17, 15) is 4.39 Å². The number of hydrogen-bond acceptors (Lipinski definition) is 3. The van der Waals surface area contributed by atoms with Crippen molar-refractivity contribution in [2.45, 2.75) is 13.1 Å². The van der Waals surface area contributed by atoms with Crippen molar-refractivity contribution in [1.29, 1.82) is 0 Å². The van der Waals surface area contributed by atoms with Gasteiger partial charge in [0.05, 0.1) is 17.0 Å². The van der Waals surface area contributed by atoms with Crippen LogP contribution in [-0.4, -0.2) is 14.5 Å². The summed E-state index contributed by atoms with van der Waals surface area (Å²) in [5, 5.41) is 4.24. The molecule has 0 aliphatic heterocycles. The molecule has 0 radical (unpaired) electrons. The van der Waals surface area contributed by atoms with Gasteiger partial charge in [-0.15, -0.1) is 0 Å². The Bertz CT molecular complexity index is 1030. The molecule has 0 atom stereocenters. The zero-order valence-electron chi connectivity index (χ0n) is 13.9. The van der Waals surface area contributed by atoms with Gasteiger partial charge in [0.25, 0.3) is 0 Å². The van der Waals surface area contributed by atoms with Gasteiger partial charge in [0.2, 0.25) is 0 Å². The summed E-state index contributed by atoms with van der Waals surface area (Å²) in [5.74, 6) is -0.387. The summed E-state index contributed by atoms with van der Waals surface area (Å²) >= 11 is 6.09. The first-order valence-corrected chi connectivity index (χ1v) is 8.58. The quantitative estimate of drug-likeness (QED) is 0.547. The van der Waals surface area contributed by atoms with Crippen molar-refractivity contribution in [3.63, 3.8) is 0 Å². The van der Waals surface area contributed by atoms with Gasteiger partial charge in [-0.05, 0) is 29.3 Å². The van der Waals surface area contributed by atoms with Gasteiger partial charge in [-0.2, -0.15) is 0 Å². The molecule has 0 aliphatic carbocycles. The summed E-state index contributed by atoms with van der Waals surface area (Å²) in [6, 6.07) is 13.3. The van der Waals surface area contributed by atoms with Crippen LogP contribution in [0.3, 0.4) is 0 Å². The molecule has 0 fully saturated rings. The minimum Gasteiger partial charge on any atom is -0.379 e. The minimum absolute atomic E-state index is 0.276. The third kappa shape index (κ3) is 3.39. The van der Waals surface area contributed by atoms with Gasteiger partial charge in [0, 0.05) is 37.1 Å². The average Bonchev–Trinajstić information content (AvgIpc) is 3.16. The Morgan fingerprint density at radius 2 is 1.81 bits per heavy atom. The smallest absolute Gasteiger partial charge is 0.172 e. The number of fused-ring (bicyclic) bond motifs is 1. The summed E-state index contributed by atoms with van der Waals surface area (Å²) in [5.41, 5.74) is 2.94. The Hall–Kier alpha value is -2.92. The van der Waals surface area contributed by atoms with Crippen LogP contribution in [0.1, 0.15) is 11.1 Å². The molecular weight excluding hydrogens is 351 g/mol. The first-order chi connectivity index (χ1) is 12.7. The Morgan fingerprint density at radius 1 is 1.00 bits per heavy atom. The second-order valence-electron chi connectivity index (χ2n) is 6.02. The molecule has 0 bridgehead atoms. The number of imidazole rings is 1. The van der Waals surface area contributed by atoms with Gasteiger partial charge in [-0.25, -0.2) is 9.37 Å². The van der Waals surface area contributed by atoms with Gasteiger partial charge < -0.3 is 9.88 Å². The number of rotatable bonds is 5. The topological polar surface area (TPSA) is 42.7 Å². The van der Waals surface area contributed by atoms with Crippen LogP contribution in [0.2, 0.25) is 5.02 Å². The number of aromatic nitrogens is 3. The molecule has 4 rings (SSSR count). The summed E-state index contributed by atoms with van der Waals surface area (Å²) in [6.45, 7) is 1.30. The maximum atomic E-state index is 14.6. The van der Waals surface area contributed by atoms with Crippen LogP contribution in [-0.2, 0) is 13.1 Å². The van der Waals surface area contributed by atoms with Gasteiger partial charge in [0.15, 0.2) is 5.82 Å². The molecular formula is C20H16ClFN4. The summed E-state index contributed by atoms with van der Waals surface area (Å²) in [7, 11) is 0. The van der Waals surface area contributed by atoms with E-state index >= 15 is 0 Å². The van der Waals surface area contributed by atoms with Crippen molar-refractivity contribution in [1.82, 2.24) is 14.5 Å². The summed E-state index contributed by atoms with van der Waals surface area (Å²) in [4.78, 5) is 8.14. The lowest BCUT2D eigenvalue weighted by atomic mass is 10.1. The fourth-order valence-electron chi connectivity index (χ4n) is 2.84. The van der Waals surface area contributed by atoms with Crippen LogP contribution in [0.25, 0.3) is 10.9 Å². The fraction of sp³-hybridized carbons (Fsp3) is 0.100. The molecule has 1 N–H and O–H groups in total. The van der Waals surface area contributed by atoms with E-state index in [4.69, 9.17) is 11.6 Å². The molecule has 6 heteroatoms. The van der Waals surface area contributed by atoms with Crippen LogP contribution in [0.15, 0.2) is 67.4 Å². The van der Waals surface area contributed by atoms with Crippen molar-refractivity contribution in [2.75, 3.05) is 5.32 Å². The molecule has 2 aromatic carbocycles. The number of nitrogens with zero attached hydrogens (tertiary/aromatic N) is 3. The van der Waals surface area contributed by atoms with Crippen molar-refractivity contribution in [3.05, 3.63) is 89.3 Å². The maximum absolute atomic E-state index is 14.6. The van der Waals surface area contributed by atoms with Crippen LogP contribution in [0.4, 0.5) is 10.1 Å². The van der Waals surface area contributed by atoms with Crippen molar-refractivity contribution in [2.24, 2.45) is 0 Å². The second-order valence-corrected chi connectivity index (χ2v) is 6.43. The first-order valence-electron chi connectivity index (χ1n) is 8.21. The third-order valence-corrected chi connectivity index (χ3v) is 4.56. The zero-order chi connectivity index (χ0) is 17.9. The molecule has 4 aromatic rings. The second kappa shape index (κ2) is 7.14. The van der Waals surface area contributed by atoms with Gasteiger partial charge in [-0.3, -0.25) is 4.98 Å².